The predicted molar refractivity (Wildman–Crippen MR) is 109 cm³/mol. The molecular weight excluding hydrogens is 384 g/mol. The molecule has 1 aliphatic heterocycles. The first-order chi connectivity index (χ1) is 12.8. The summed E-state index contributed by atoms with van der Waals surface area (Å²) >= 11 is 6.41. The van der Waals surface area contributed by atoms with E-state index in [1.165, 1.54) is 29.2 Å². The van der Waals surface area contributed by atoms with E-state index < -0.39 is 6.04 Å². The second-order valence-electron chi connectivity index (χ2n) is 5.86. The van der Waals surface area contributed by atoms with Gasteiger partial charge >= 0.3 is 0 Å². The molecule has 1 atom stereocenters. The molecule has 1 saturated heterocycles. The number of thioether (sulfide) groups is 1. The van der Waals surface area contributed by atoms with Crippen LogP contribution in [0, 0.1) is 0 Å². The highest BCUT2D eigenvalue weighted by Gasteiger charge is 2.38. The van der Waals surface area contributed by atoms with Crippen molar-refractivity contribution in [2.45, 2.75) is 13.0 Å². The Labute approximate surface area is 165 Å². The second-order valence-corrected chi connectivity index (χ2v) is 7.53. The minimum Gasteiger partial charge on any atom is -0.508 e. The molecule has 6 nitrogen and oxygen atoms in total. The van der Waals surface area contributed by atoms with Gasteiger partial charge in [0.15, 0.2) is 0 Å². The fourth-order valence-electron chi connectivity index (χ4n) is 2.44. The lowest BCUT2D eigenvalue weighted by atomic mass is 10.2. The van der Waals surface area contributed by atoms with Crippen LogP contribution in [0.5, 0.6) is 11.5 Å². The number of carbonyl (C=O) groups excluding carboxylic acids is 2. The number of nitrogens with one attached hydrogen (secondary N) is 1. The zero-order chi connectivity index (χ0) is 19.6. The number of nitrogens with zero attached hydrogens (tertiary/aromatic N) is 1. The molecule has 1 fully saturated rings. The number of carbonyl (C=O) groups is 2. The fourth-order valence-corrected chi connectivity index (χ4v) is 3.86. The topological polar surface area (TPSA) is 89.9 Å². The van der Waals surface area contributed by atoms with E-state index in [9.17, 15) is 19.8 Å². The van der Waals surface area contributed by atoms with Crippen LogP contribution in [0.25, 0.3) is 6.08 Å². The SMILES string of the molecule is CC(C(=O)Nc1ccc(O)cc1)N1C(=O)/C(=C/c2ccc(O)cc2)SC1=S. The lowest BCUT2D eigenvalue weighted by Crippen LogP contribution is -2.44. The molecule has 2 aromatic carbocycles. The maximum absolute atomic E-state index is 12.7. The Morgan fingerprint density at radius 3 is 2.26 bits per heavy atom. The van der Waals surface area contributed by atoms with Crippen LogP contribution in [0.15, 0.2) is 53.4 Å². The van der Waals surface area contributed by atoms with E-state index in [-0.39, 0.29) is 23.3 Å². The highest BCUT2D eigenvalue weighted by Crippen LogP contribution is 2.34. The number of anilines is 1. The molecule has 2 amide bonds. The van der Waals surface area contributed by atoms with Crippen LogP contribution in [-0.4, -0.2) is 37.3 Å². The number of hydrogen-bond acceptors (Lipinski definition) is 6. The first-order valence-electron chi connectivity index (χ1n) is 8.01. The molecule has 0 bridgehead atoms. The molecule has 1 heterocycles. The van der Waals surface area contributed by atoms with E-state index in [1.807, 2.05) is 0 Å². The highest BCUT2D eigenvalue weighted by atomic mass is 32.2. The zero-order valence-corrected chi connectivity index (χ0v) is 15.9. The monoisotopic (exact) mass is 400 g/mol. The summed E-state index contributed by atoms with van der Waals surface area (Å²) in [6, 6.07) is 11.7. The van der Waals surface area contributed by atoms with Gasteiger partial charge in [0.05, 0.1) is 4.91 Å². The van der Waals surface area contributed by atoms with Crippen LogP contribution in [0.2, 0.25) is 0 Å². The molecule has 138 valence electrons. The summed E-state index contributed by atoms with van der Waals surface area (Å²) in [4.78, 5) is 26.9. The maximum Gasteiger partial charge on any atom is 0.266 e. The van der Waals surface area contributed by atoms with Gasteiger partial charge in [0, 0.05) is 5.69 Å². The first kappa shape index (κ1) is 18.9. The molecule has 0 radical (unpaired) electrons. The van der Waals surface area contributed by atoms with Crippen LogP contribution in [0.3, 0.4) is 0 Å². The quantitative estimate of drug-likeness (QED) is 0.414. The number of phenolic OH excluding ortho intramolecular Hbond substituents is 2. The van der Waals surface area contributed by atoms with Crippen molar-refractivity contribution in [2.75, 3.05) is 5.32 Å². The van der Waals surface area contributed by atoms with E-state index in [0.717, 1.165) is 17.3 Å². The summed E-state index contributed by atoms with van der Waals surface area (Å²) in [6.07, 6.45) is 1.67. The van der Waals surface area contributed by atoms with Crippen molar-refractivity contribution in [1.82, 2.24) is 4.90 Å². The first-order valence-corrected chi connectivity index (χ1v) is 9.23. The Morgan fingerprint density at radius 1 is 1.11 bits per heavy atom. The van der Waals surface area contributed by atoms with Crippen molar-refractivity contribution in [3.05, 3.63) is 59.0 Å². The summed E-state index contributed by atoms with van der Waals surface area (Å²) in [5, 5.41) is 21.3. The third kappa shape index (κ3) is 4.29. The molecule has 1 aliphatic rings. The van der Waals surface area contributed by atoms with Crippen molar-refractivity contribution in [2.24, 2.45) is 0 Å². The molecule has 3 N–H and O–H groups in total. The Bertz CT molecular complexity index is 924. The summed E-state index contributed by atoms with van der Waals surface area (Å²) in [5.74, 6) is -0.495. The van der Waals surface area contributed by atoms with Gasteiger partial charge in [-0.05, 0) is 55.0 Å². The Morgan fingerprint density at radius 2 is 1.67 bits per heavy atom. The third-order valence-corrected chi connectivity index (χ3v) is 5.25. The lowest BCUT2D eigenvalue weighted by molar-refractivity contribution is -0.129. The molecule has 0 aliphatic carbocycles. The molecule has 2 aromatic rings. The lowest BCUT2D eigenvalue weighted by Gasteiger charge is -2.22. The van der Waals surface area contributed by atoms with Crippen LogP contribution in [-0.2, 0) is 9.59 Å². The van der Waals surface area contributed by atoms with Gasteiger partial charge in [-0.15, -0.1) is 0 Å². The molecule has 8 heteroatoms. The van der Waals surface area contributed by atoms with Gasteiger partial charge in [0.25, 0.3) is 5.91 Å². The second kappa shape index (κ2) is 7.81. The van der Waals surface area contributed by atoms with Crippen LogP contribution in [0.4, 0.5) is 5.69 Å². The van der Waals surface area contributed by atoms with Crippen molar-refractivity contribution in [3.63, 3.8) is 0 Å². The number of amides is 2. The number of hydrogen-bond donors (Lipinski definition) is 3. The molecule has 0 aromatic heterocycles. The molecule has 0 spiro atoms. The number of aromatic hydroxyl groups is 2. The minimum absolute atomic E-state index is 0.0948. The average molecular weight is 400 g/mol. The van der Waals surface area contributed by atoms with E-state index in [1.54, 1.807) is 37.3 Å². The molecule has 1 unspecified atom stereocenters. The Hall–Kier alpha value is -2.84. The molecule has 3 rings (SSSR count). The maximum atomic E-state index is 12.7. The van der Waals surface area contributed by atoms with Gasteiger partial charge < -0.3 is 15.5 Å². The van der Waals surface area contributed by atoms with Gasteiger partial charge in [0.1, 0.15) is 21.9 Å². The van der Waals surface area contributed by atoms with Crippen LogP contribution in [0.1, 0.15) is 12.5 Å². The van der Waals surface area contributed by atoms with Gasteiger partial charge in [0.2, 0.25) is 5.91 Å². The van der Waals surface area contributed by atoms with E-state index in [0.29, 0.717) is 14.9 Å². The molecule has 27 heavy (non-hydrogen) atoms. The minimum atomic E-state index is -0.794. The number of rotatable bonds is 4. The summed E-state index contributed by atoms with van der Waals surface area (Å²) in [5.41, 5.74) is 1.25. The van der Waals surface area contributed by atoms with Gasteiger partial charge in [-0.3, -0.25) is 14.5 Å². The van der Waals surface area contributed by atoms with Gasteiger partial charge in [-0.1, -0.05) is 36.1 Å². The van der Waals surface area contributed by atoms with Crippen molar-refractivity contribution < 1.29 is 19.8 Å². The molecule has 0 saturated carbocycles. The standard InChI is InChI=1S/C19H16N2O4S2/c1-11(17(24)20-13-4-8-15(23)9-5-13)21-18(25)16(27-19(21)26)10-12-2-6-14(22)7-3-12/h2-11,22-23H,1H3,(H,20,24)/b16-10-. The van der Waals surface area contributed by atoms with Crippen molar-refractivity contribution >= 4 is 51.9 Å². The summed E-state index contributed by atoms with van der Waals surface area (Å²) in [7, 11) is 0. The largest absolute Gasteiger partial charge is 0.508 e. The zero-order valence-electron chi connectivity index (χ0n) is 14.2. The third-order valence-electron chi connectivity index (χ3n) is 3.92. The molecular formula is C19H16N2O4S2. The highest BCUT2D eigenvalue weighted by molar-refractivity contribution is 8.26. The number of benzene rings is 2. The summed E-state index contributed by atoms with van der Waals surface area (Å²) < 4.78 is 0.304. The number of phenols is 2. The van der Waals surface area contributed by atoms with Crippen LogP contribution < -0.4 is 5.32 Å². The van der Waals surface area contributed by atoms with Gasteiger partial charge in [-0.25, -0.2) is 0 Å². The van der Waals surface area contributed by atoms with E-state index >= 15 is 0 Å². The normalized spacial score (nSPS) is 16.6. The van der Waals surface area contributed by atoms with E-state index in [2.05, 4.69) is 5.32 Å². The predicted octanol–water partition coefficient (Wildman–Crippen LogP) is 3.33. The summed E-state index contributed by atoms with van der Waals surface area (Å²) in [6.45, 7) is 1.60. The smallest absolute Gasteiger partial charge is 0.266 e. The Balaban J connectivity index is 1.74. The fraction of sp³-hybridized carbons (Fsp3) is 0.105. The van der Waals surface area contributed by atoms with Crippen molar-refractivity contribution in [3.8, 4) is 11.5 Å². The Kier molecular flexibility index (Phi) is 5.48. The van der Waals surface area contributed by atoms with Gasteiger partial charge in [-0.2, -0.15) is 0 Å². The van der Waals surface area contributed by atoms with Crippen LogP contribution >= 0.6 is 24.0 Å². The van der Waals surface area contributed by atoms with Crippen molar-refractivity contribution in [1.29, 1.82) is 0 Å². The van der Waals surface area contributed by atoms with E-state index in [4.69, 9.17) is 12.2 Å². The number of thiocarbonyl (C=S) groups is 1. The average Bonchev–Trinajstić information content (AvgIpc) is 2.91.